The quantitative estimate of drug-likeness (QED) is 0.455. The van der Waals surface area contributed by atoms with Crippen LogP contribution in [0, 0.1) is 6.92 Å². The number of benzene rings is 1. The third-order valence-electron chi connectivity index (χ3n) is 4.92. The predicted molar refractivity (Wildman–Crippen MR) is 114 cm³/mol. The Bertz CT molecular complexity index is 1220. The second-order valence-electron chi connectivity index (χ2n) is 7.41. The molecular formula is C20H25N5O6. The topological polar surface area (TPSA) is 141 Å². The van der Waals surface area contributed by atoms with E-state index in [4.69, 9.17) is 4.74 Å². The number of aryl methyl sites for hydroxylation is 2. The molecule has 0 aliphatic carbocycles. The van der Waals surface area contributed by atoms with Crippen molar-refractivity contribution in [3.05, 3.63) is 50.7 Å². The number of nitrogens with zero attached hydrogens (tertiary/aromatic N) is 4. The number of rotatable bonds is 8. The molecular weight excluding hydrogens is 406 g/mol. The molecule has 0 radical (unpaired) electrons. The number of ether oxygens (including phenoxy) is 1. The van der Waals surface area contributed by atoms with E-state index in [0.717, 1.165) is 10.1 Å². The van der Waals surface area contributed by atoms with Crippen LogP contribution in [0.5, 0.6) is 5.75 Å². The molecule has 3 N–H and O–H groups in total. The van der Waals surface area contributed by atoms with Crippen LogP contribution >= 0.6 is 0 Å². The lowest BCUT2D eigenvalue weighted by Gasteiger charge is -2.17. The summed E-state index contributed by atoms with van der Waals surface area (Å²) >= 11 is 0. The molecule has 11 heteroatoms. The van der Waals surface area contributed by atoms with E-state index in [2.05, 4.69) is 10.3 Å². The van der Waals surface area contributed by atoms with E-state index in [1.54, 1.807) is 12.1 Å². The highest BCUT2D eigenvalue weighted by molar-refractivity contribution is 5.78. The predicted octanol–water partition coefficient (Wildman–Crippen LogP) is 0.0670. The Kier molecular flexibility index (Phi) is 6.16. The van der Waals surface area contributed by atoms with Gasteiger partial charge >= 0.3 is 11.7 Å². The number of carboxylic acid groups (broad SMARTS) is 1. The third-order valence-corrected chi connectivity index (χ3v) is 4.92. The molecule has 0 bridgehead atoms. The van der Waals surface area contributed by atoms with Gasteiger partial charge < -0.3 is 24.8 Å². The molecule has 3 aromatic rings. The number of aliphatic carboxylic acids is 1. The number of aliphatic hydroxyl groups excluding tert-OH is 1. The van der Waals surface area contributed by atoms with Crippen LogP contribution in [0.4, 0.5) is 5.95 Å². The Morgan fingerprint density at radius 2 is 1.84 bits per heavy atom. The number of aliphatic hydroxyl groups is 1. The minimum Gasteiger partial charge on any atom is -0.491 e. The Morgan fingerprint density at radius 1 is 1.19 bits per heavy atom. The number of aromatic nitrogens is 4. The van der Waals surface area contributed by atoms with E-state index in [1.807, 2.05) is 19.1 Å². The summed E-state index contributed by atoms with van der Waals surface area (Å²) in [4.78, 5) is 40.6. The molecule has 166 valence electrons. The molecule has 0 amide bonds. The fourth-order valence-corrected chi connectivity index (χ4v) is 3.08. The van der Waals surface area contributed by atoms with Gasteiger partial charge in [-0.1, -0.05) is 17.7 Å². The van der Waals surface area contributed by atoms with Gasteiger partial charge in [-0.3, -0.25) is 18.7 Å². The Morgan fingerprint density at radius 3 is 2.45 bits per heavy atom. The standard InChI is InChI=1S/C20H25N5O6/c1-11-5-7-14(8-6-11)31-10-13(26)9-25-15-16(22-19(25)21-12(2)18(28)29)23(3)20(30)24(4)17(15)27/h5-8,12-13,26H,9-10H2,1-4H3,(H,21,22)(H,28,29). The zero-order valence-electron chi connectivity index (χ0n) is 17.7. The van der Waals surface area contributed by atoms with Crippen molar-refractivity contribution < 1.29 is 19.7 Å². The van der Waals surface area contributed by atoms with Crippen LogP contribution in [0.3, 0.4) is 0 Å². The summed E-state index contributed by atoms with van der Waals surface area (Å²) in [7, 11) is 2.80. The van der Waals surface area contributed by atoms with Crippen LogP contribution in [0.15, 0.2) is 33.9 Å². The normalized spacial score (nSPS) is 13.2. The van der Waals surface area contributed by atoms with Crippen molar-refractivity contribution >= 4 is 23.1 Å². The molecule has 31 heavy (non-hydrogen) atoms. The van der Waals surface area contributed by atoms with Crippen LogP contribution < -0.4 is 21.3 Å². The van der Waals surface area contributed by atoms with Gasteiger partial charge in [-0.05, 0) is 26.0 Å². The molecule has 1 aromatic carbocycles. The monoisotopic (exact) mass is 431 g/mol. The SMILES string of the molecule is Cc1ccc(OCC(O)Cn2c(NC(C)C(=O)O)nc3c2c(=O)n(C)c(=O)n3C)cc1. The summed E-state index contributed by atoms with van der Waals surface area (Å²) in [5, 5.41) is 22.5. The molecule has 0 saturated carbocycles. The fraction of sp³-hybridized carbons (Fsp3) is 0.400. The lowest BCUT2D eigenvalue weighted by molar-refractivity contribution is -0.137. The van der Waals surface area contributed by atoms with Gasteiger partial charge in [0.15, 0.2) is 11.2 Å². The Balaban J connectivity index is 1.97. The van der Waals surface area contributed by atoms with Gasteiger partial charge in [-0.2, -0.15) is 4.98 Å². The van der Waals surface area contributed by atoms with E-state index in [-0.39, 0.29) is 30.3 Å². The average Bonchev–Trinajstić information content (AvgIpc) is 3.08. The van der Waals surface area contributed by atoms with Crippen LogP contribution in [-0.4, -0.2) is 53.6 Å². The number of nitrogens with one attached hydrogen (secondary N) is 1. The second-order valence-corrected chi connectivity index (χ2v) is 7.41. The highest BCUT2D eigenvalue weighted by Gasteiger charge is 2.23. The van der Waals surface area contributed by atoms with Gasteiger partial charge in [0.25, 0.3) is 5.56 Å². The van der Waals surface area contributed by atoms with Crippen LogP contribution in [0.2, 0.25) is 0 Å². The maximum absolute atomic E-state index is 12.8. The summed E-state index contributed by atoms with van der Waals surface area (Å²) in [5.74, 6) is -0.488. The largest absolute Gasteiger partial charge is 0.491 e. The minimum atomic E-state index is -1.12. The summed E-state index contributed by atoms with van der Waals surface area (Å²) in [6.45, 7) is 3.19. The summed E-state index contributed by atoms with van der Waals surface area (Å²) in [6, 6.07) is 6.30. The fourth-order valence-electron chi connectivity index (χ4n) is 3.08. The zero-order chi connectivity index (χ0) is 22.9. The smallest absolute Gasteiger partial charge is 0.332 e. The summed E-state index contributed by atoms with van der Waals surface area (Å²) in [5.41, 5.74) is 0.0536. The first-order valence-electron chi connectivity index (χ1n) is 9.63. The average molecular weight is 431 g/mol. The zero-order valence-corrected chi connectivity index (χ0v) is 17.7. The van der Waals surface area contributed by atoms with Crippen molar-refractivity contribution in [1.82, 2.24) is 18.7 Å². The maximum Gasteiger partial charge on any atom is 0.332 e. The first-order chi connectivity index (χ1) is 14.6. The van der Waals surface area contributed by atoms with Crippen molar-refractivity contribution in [3.8, 4) is 5.75 Å². The number of imidazole rings is 1. The lowest BCUT2D eigenvalue weighted by Crippen LogP contribution is -2.38. The van der Waals surface area contributed by atoms with E-state index >= 15 is 0 Å². The first kappa shape index (κ1) is 22.1. The van der Waals surface area contributed by atoms with E-state index in [1.165, 1.54) is 30.2 Å². The molecule has 0 aliphatic heterocycles. The van der Waals surface area contributed by atoms with E-state index < -0.39 is 29.4 Å². The van der Waals surface area contributed by atoms with Crippen molar-refractivity contribution in [2.75, 3.05) is 11.9 Å². The number of carboxylic acids is 1. The van der Waals surface area contributed by atoms with Crippen LogP contribution in [0.1, 0.15) is 12.5 Å². The molecule has 2 aromatic heterocycles. The second kappa shape index (κ2) is 8.64. The highest BCUT2D eigenvalue weighted by atomic mass is 16.5. The summed E-state index contributed by atoms with van der Waals surface area (Å²) < 4.78 is 9.10. The van der Waals surface area contributed by atoms with Crippen molar-refractivity contribution in [3.63, 3.8) is 0 Å². The molecule has 3 rings (SSSR count). The molecule has 2 atom stereocenters. The number of fused-ring (bicyclic) bond motifs is 1. The highest BCUT2D eigenvalue weighted by Crippen LogP contribution is 2.18. The van der Waals surface area contributed by atoms with Crippen molar-refractivity contribution in [2.24, 2.45) is 14.1 Å². The lowest BCUT2D eigenvalue weighted by atomic mass is 10.2. The number of carbonyl (C=O) groups is 1. The molecule has 2 heterocycles. The molecule has 0 saturated heterocycles. The summed E-state index contributed by atoms with van der Waals surface area (Å²) in [6.07, 6.45) is -1.04. The maximum atomic E-state index is 12.8. The molecule has 11 nitrogen and oxygen atoms in total. The molecule has 0 aliphatic rings. The van der Waals surface area contributed by atoms with Gasteiger partial charge in [0, 0.05) is 14.1 Å². The van der Waals surface area contributed by atoms with Gasteiger partial charge in [0.2, 0.25) is 5.95 Å². The van der Waals surface area contributed by atoms with Gasteiger partial charge in [-0.25, -0.2) is 4.79 Å². The van der Waals surface area contributed by atoms with Gasteiger partial charge in [0.1, 0.15) is 24.5 Å². The van der Waals surface area contributed by atoms with Crippen LogP contribution in [-0.2, 0) is 25.4 Å². The van der Waals surface area contributed by atoms with Gasteiger partial charge in [-0.15, -0.1) is 0 Å². The Labute approximate surface area is 177 Å². The first-order valence-corrected chi connectivity index (χ1v) is 9.63. The van der Waals surface area contributed by atoms with Gasteiger partial charge in [0.05, 0.1) is 6.54 Å². The molecule has 2 unspecified atom stereocenters. The number of hydrogen-bond donors (Lipinski definition) is 3. The number of anilines is 1. The van der Waals surface area contributed by atoms with Crippen molar-refractivity contribution in [2.45, 2.75) is 32.5 Å². The molecule has 0 spiro atoms. The van der Waals surface area contributed by atoms with Crippen LogP contribution in [0.25, 0.3) is 11.2 Å². The minimum absolute atomic E-state index is 0.0533. The van der Waals surface area contributed by atoms with E-state index in [9.17, 15) is 24.6 Å². The third kappa shape index (κ3) is 4.45. The molecule has 0 fully saturated rings. The Hall–Kier alpha value is -3.60. The van der Waals surface area contributed by atoms with E-state index in [0.29, 0.717) is 5.75 Å². The van der Waals surface area contributed by atoms with Crippen molar-refractivity contribution in [1.29, 1.82) is 0 Å². The number of hydrogen-bond acceptors (Lipinski definition) is 7.